The van der Waals surface area contributed by atoms with Crippen LogP contribution in [0.15, 0.2) is 18.2 Å². The van der Waals surface area contributed by atoms with Gasteiger partial charge >= 0.3 is 12.4 Å². The van der Waals surface area contributed by atoms with Crippen LogP contribution < -0.4 is 5.73 Å². The van der Waals surface area contributed by atoms with Crippen molar-refractivity contribution < 1.29 is 36.6 Å². The van der Waals surface area contributed by atoms with Gasteiger partial charge in [-0.2, -0.15) is 26.3 Å². The van der Waals surface area contributed by atoms with Gasteiger partial charge in [0.25, 0.3) is 0 Å². The van der Waals surface area contributed by atoms with Crippen molar-refractivity contribution in [3.63, 3.8) is 0 Å². The first-order valence-electron chi connectivity index (χ1n) is 5.33. The molecule has 1 rings (SSSR count). The van der Waals surface area contributed by atoms with Crippen molar-refractivity contribution in [1.82, 2.24) is 0 Å². The Morgan fingerprint density at radius 3 is 1.95 bits per heavy atom. The van der Waals surface area contributed by atoms with Crippen molar-refractivity contribution in [2.75, 3.05) is 6.54 Å². The van der Waals surface area contributed by atoms with E-state index in [4.69, 9.17) is 5.73 Å². The summed E-state index contributed by atoms with van der Waals surface area (Å²) in [5.41, 5.74) is 1.10. The highest BCUT2D eigenvalue weighted by molar-refractivity contribution is 5.37. The minimum atomic E-state index is -4.96. The van der Waals surface area contributed by atoms with Gasteiger partial charge in [0.15, 0.2) is 0 Å². The monoisotopic (exact) mass is 303 g/mol. The Kier molecular flexibility index (Phi) is 4.67. The number of benzene rings is 1. The highest BCUT2D eigenvalue weighted by Crippen LogP contribution is 2.39. The van der Waals surface area contributed by atoms with Crippen LogP contribution in [-0.4, -0.2) is 22.9 Å². The van der Waals surface area contributed by atoms with Crippen LogP contribution in [0.2, 0.25) is 0 Å². The van der Waals surface area contributed by atoms with Crippen molar-refractivity contribution >= 4 is 0 Å². The normalized spacial score (nSPS) is 16.1. The van der Waals surface area contributed by atoms with E-state index in [9.17, 15) is 36.6 Å². The number of rotatable bonds is 3. The Morgan fingerprint density at radius 1 is 1.00 bits per heavy atom. The highest BCUT2D eigenvalue weighted by Gasteiger charge is 2.39. The van der Waals surface area contributed by atoms with Crippen molar-refractivity contribution in [1.29, 1.82) is 0 Å². The minimum Gasteiger partial charge on any atom is -0.389 e. The molecule has 1 aromatic rings. The summed E-state index contributed by atoms with van der Waals surface area (Å²) in [7, 11) is 0. The summed E-state index contributed by atoms with van der Waals surface area (Å²) in [6.07, 6.45) is -13.8. The van der Waals surface area contributed by atoms with Gasteiger partial charge in [0.05, 0.1) is 17.2 Å². The minimum absolute atomic E-state index is 0.159. The van der Waals surface area contributed by atoms with Crippen LogP contribution in [0.1, 0.15) is 22.8 Å². The molecule has 9 heteroatoms. The Labute approximate surface area is 109 Å². The molecule has 0 radical (unpaired) electrons. The molecule has 0 amide bonds. The largest absolute Gasteiger partial charge is 0.416 e. The predicted molar refractivity (Wildman–Crippen MR) is 56.5 cm³/mol. The molecule has 0 fully saturated rings. The highest BCUT2D eigenvalue weighted by atomic mass is 19.4. The maximum atomic E-state index is 12.7. The molecule has 0 aromatic heterocycles. The molecular formula is C11H11F6NO2. The van der Waals surface area contributed by atoms with E-state index in [1.165, 1.54) is 0 Å². The van der Waals surface area contributed by atoms with E-state index in [2.05, 4.69) is 0 Å². The van der Waals surface area contributed by atoms with E-state index >= 15 is 0 Å². The van der Waals surface area contributed by atoms with Gasteiger partial charge in [-0.25, -0.2) is 0 Å². The van der Waals surface area contributed by atoms with Crippen molar-refractivity contribution in [2.45, 2.75) is 24.6 Å². The van der Waals surface area contributed by atoms with Gasteiger partial charge in [0, 0.05) is 6.54 Å². The molecule has 1 aromatic carbocycles. The third-order valence-corrected chi connectivity index (χ3v) is 2.61. The zero-order valence-corrected chi connectivity index (χ0v) is 9.83. The molecule has 0 heterocycles. The molecule has 4 N–H and O–H groups in total. The lowest BCUT2D eigenvalue weighted by Gasteiger charge is -2.22. The molecule has 0 spiro atoms. The number of nitrogens with two attached hydrogens (primary N) is 1. The van der Waals surface area contributed by atoms with E-state index in [0.29, 0.717) is 0 Å². The first kappa shape index (κ1) is 16.7. The first-order chi connectivity index (χ1) is 8.98. The number of alkyl halides is 6. The maximum Gasteiger partial charge on any atom is 0.416 e. The summed E-state index contributed by atoms with van der Waals surface area (Å²) in [5, 5.41) is 18.8. The van der Waals surface area contributed by atoms with Gasteiger partial charge in [0.1, 0.15) is 6.10 Å². The Morgan fingerprint density at radius 2 is 1.55 bits per heavy atom. The summed E-state index contributed by atoms with van der Waals surface area (Å²) < 4.78 is 75.6. The van der Waals surface area contributed by atoms with Crippen LogP contribution in [0.3, 0.4) is 0 Å². The summed E-state index contributed by atoms with van der Waals surface area (Å²) in [4.78, 5) is 0. The fourth-order valence-corrected chi connectivity index (χ4v) is 1.58. The molecule has 2 unspecified atom stereocenters. The zero-order chi connectivity index (χ0) is 15.7. The molecule has 2 atom stereocenters. The molecule has 0 saturated heterocycles. The van der Waals surface area contributed by atoms with Crippen LogP contribution in [0.4, 0.5) is 26.3 Å². The second-order valence-electron chi connectivity index (χ2n) is 4.05. The third-order valence-electron chi connectivity index (χ3n) is 2.61. The summed E-state index contributed by atoms with van der Waals surface area (Å²) in [5.74, 6) is 0. The average molecular weight is 303 g/mol. The van der Waals surface area contributed by atoms with E-state index in [1.54, 1.807) is 0 Å². The van der Waals surface area contributed by atoms with Crippen LogP contribution in [0.5, 0.6) is 0 Å². The Balaban J connectivity index is 3.42. The Bertz CT molecular complexity index is 471. The van der Waals surface area contributed by atoms with E-state index in [-0.39, 0.29) is 18.2 Å². The molecule has 114 valence electrons. The van der Waals surface area contributed by atoms with Crippen LogP contribution >= 0.6 is 0 Å². The molecule has 0 saturated carbocycles. The first-order valence-corrected chi connectivity index (χ1v) is 5.33. The molecule has 0 aliphatic heterocycles. The van der Waals surface area contributed by atoms with Gasteiger partial charge in [-0.1, -0.05) is 0 Å². The molecular weight excluding hydrogens is 292 g/mol. The van der Waals surface area contributed by atoms with E-state index < -0.39 is 47.8 Å². The van der Waals surface area contributed by atoms with Gasteiger partial charge in [-0.15, -0.1) is 0 Å². The second-order valence-corrected chi connectivity index (χ2v) is 4.05. The topological polar surface area (TPSA) is 66.5 Å². The van der Waals surface area contributed by atoms with Crippen molar-refractivity contribution in [3.05, 3.63) is 34.9 Å². The summed E-state index contributed by atoms with van der Waals surface area (Å²) in [6.45, 7) is -0.602. The Hall–Kier alpha value is -1.32. The van der Waals surface area contributed by atoms with Crippen molar-refractivity contribution in [3.8, 4) is 0 Å². The van der Waals surface area contributed by atoms with Crippen LogP contribution in [0.25, 0.3) is 0 Å². The number of aliphatic hydroxyl groups excluding tert-OH is 2. The lowest BCUT2D eigenvalue weighted by atomic mass is 9.95. The molecule has 0 aliphatic rings. The maximum absolute atomic E-state index is 12.7. The standard InChI is InChI=1S/C11H11F6NO2/c12-10(13,14)5-1-2-7(11(15,16)17)6(3-5)9(20)8(19)4-18/h1-3,8-9,19-20H,4,18H2. The number of halogens is 6. The van der Waals surface area contributed by atoms with Crippen molar-refractivity contribution in [2.24, 2.45) is 5.73 Å². The molecule has 3 nitrogen and oxygen atoms in total. The average Bonchev–Trinajstić information content (AvgIpc) is 2.34. The van der Waals surface area contributed by atoms with E-state index in [1.807, 2.05) is 0 Å². The third kappa shape index (κ3) is 3.62. The predicted octanol–water partition coefficient (Wildman–Crippen LogP) is 2.08. The summed E-state index contributed by atoms with van der Waals surface area (Å²) in [6, 6.07) is 0.630. The summed E-state index contributed by atoms with van der Waals surface area (Å²) >= 11 is 0. The number of aliphatic hydroxyl groups is 2. The molecule has 0 aliphatic carbocycles. The molecule has 20 heavy (non-hydrogen) atoms. The van der Waals surface area contributed by atoms with Gasteiger partial charge in [-0.05, 0) is 23.8 Å². The second kappa shape index (κ2) is 5.58. The number of hydrogen-bond acceptors (Lipinski definition) is 3. The lowest BCUT2D eigenvalue weighted by Crippen LogP contribution is -2.29. The fraction of sp³-hybridized carbons (Fsp3) is 0.455. The lowest BCUT2D eigenvalue weighted by molar-refractivity contribution is -0.143. The van der Waals surface area contributed by atoms with Crippen LogP contribution in [0, 0.1) is 0 Å². The van der Waals surface area contributed by atoms with Gasteiger partial charge in [-0.3, -0.25) is 0 Å². The quantitative estimate of drug-likeness (QED) is 0.749. The SMILES string of the molecule is NCC(O)C(O)c1cc(C(F)(F)F)ccc1C(F)(F)F. The number of hydrogen-bond donors (Lipinski definition) is 3. The zero-order valence-electron chi connectivity index (χ0n) is 9.83. The smallest absolute Gasteiger partial charge is 0.389 e. The molecule has 0 bridgehead atoms. The van der Waals surface area contributed by atoms with E-state index in [0.717, 1.165) is 0 Å². The van der Waals surface area contributed by atoms with Gasteiger partial charge < -0.3 is 15.9 Å². The van der Waals surface area contributed by atoms with Gasteiger partial charge in [0.2, 0.25) is 0 Å². The van der Waals surface area contributed by atoms with Crippen LogP contribution in [-0.2, 0) is 12.4 Å². The fourth-order valence-electron chi connectivity index (χ4n) is 1.58.